The monoisotopic (exact) mass is 273 g/mol. The van der Waals surface area contributed by atoms with Gasteiger partial charge in [-0.05, 0) is 25.1 Å². The summed E-state index contributed by atoms with van der Waals surface area (Å²) in [7, 11) is 0.876. The van der Waals surface area contributed by atoms with Crippen molar-refractivity contribution >= 4 is 22.4 Å². The van der Waals surface area contributed by atoms with Crippen LogP contribution in [0.25, 0.3) is 0 Å². The van der Waals surface area contributed by atoms with Crippen LogP contribution in [0.15, 0.2) is 29.2 Å². The summed E-state index contributed by atoms with van der Waals surface area (Å²) in [5, 5.41) is 3.82. The molecule has 1 rings (SSSR count). The number of rotatable bonds is 6. The van der Waals surface area contributed by atoms with Crippen molar-refractivity contribution in [2.45, 2.75) is 31.2 Å². The van der Waals surface area contributed by atoms with Crippen molar-refractivity contribution in [3.63, 3.8) is 0 Å². The molecule has 0 aliphatic carbocycles. The van der Waals surface area contributed by atoms with Crippen LogP contribution in [0, 0.1) is 5.92 Å². The lowest BCUT2D eigenvalue weighted by Gasteiger charge is -2.22. The summed E-state index contributed by atoms with van der Waals surface area (Å²) >= 11 is 6.05. The van der Waals surface area contributed by atoms with E-state index in [1.807, 2.05) is 25.2 Å². The summed E-state index contributed by atoms with van der Waals surface area (Å²) in [4.78, 5) is 0.734. The molecule has 3 unspecified atom stereocenters. The highest BCUT2D eigenvalue weighted by atomic mass is 35.5. The first-order valence-corrected chi connectivity index (χ1v) is 7.60. The van der Waals surface area contributed by atoms with Crippen molar-refractivity contribution in [1.82, 2.24) is 5.32 Å². The van der Waals surface area contributed by atoms with Crippen molar-refractivity contribution in [2.24, 2.45) is 5.92 Å². The van der Waals surface area contributed by atoms with Crippen LogP contribution in [0.1, 0.15) is 20.3 Å². The topological polar surface area (TPSA) is 29.1 Å². The first-order valence-electron chi connectivity index (χ1n) is 5.90. The molecule has 0 aliphatic heterocycles. The van der Waals surface area contributed by atoms with E-state index in [4.69, 9.17) is 11.6 Å². The summed E-state index contributed by atoms with van der Waals surface area (Å²) in [6.07, 6.45) is 1.07. The second kappa shape index (κ2) is 7.14. The SMILES string of the molecule is CCC(C)C(CS(=O)c1ccccc1Cl)NC. The van der Waals surface area contributed by atoms with E-state index in [1.54, 1.807) is 6.07 Å². The molecule has 0 spiro atoms. The summed E-state index contributed by atoms with van der Waals surface area (Å²) in [6.45, 7) is 4.32. The summed E-state index contributed by atoms with van der Waals surface area (Å²) in [5.41, 5.74) is 0. The molecule has 1 aromatic rings. The van der Waals surface area contributed by atoms with Gasteiger partial charge in [-0.25, -0.2) is 0 Å². The van der Waals surface area contributed by atoms with Crippen molar-refractivity contribution in [3.05, 3.63) is 29.3 Å². The van der Waals surface area contributed by atoms with Gasteiger partial charge in [0.05, 0.1) is 20.7 Å². The van der Waals surface area contributed by atoms with Crippen LogP contribution in [0.3, 0.4) is 0 Å². The fourth-order valence-electron chi connectivity index (χ4n) is 1.70. The zero-order valence-corrected chi connectivity index (χ0v) is 12.1. The van der Waals surface area contributed by atoms with Gasteiger partial charge in [0.15, 0.2) is 0 Å². The fraction of sp³-hybridized carbons (Fsp3) is 0.538. The Morgan fingerprint density at radius 1 is 1.41 bits per heavy atom. The first kappa shape index (κ1) is 14.7. The van der Waals surface area contributed by atoms with E-state index in [-0.39, 0.29) is 6.04 Å². The molecule has 0 aliphatic rings. The van der Waals surface area contributed by atoms with Crippen molar-refractivity contribution < 1.29 is 4.21 Å². The Bertz CT molecular complexity index is 383. The van der Waals surface area contributed by atoms with E-state index in [0.29, 0.717) is 16.7 Å². The quantitative estimate of drug-likeness (QED) is 0.863. The van der Waals surface area contributed by atoms with E-state index in [9.17, 15) is 4.21 Å². The number of hydrogen-bond acceptors (Lipinski definition) is 2. The Labute approximate surface area is 111 Å². The number of hydrogen-bond donors (Lipinski definition) is 1. The molecule has 1 aromatic carbocycles. The van der Waals surface area contributed by atoms with Gasteiger partial charge in [0.1, 0.15) is 0 Å². The van der Waals surface area contributed by atoms with Crippen molar-refractivity contribution in [3.8, 4) is 0 Å². The number of nitrogens with one attached hydrogen (secondary N) is 1. The normalized spacial score (nSPS) is 16.5. The van der Waals surface area contributed by atoms with Gasteiger partial charge in [0.25, 0.3) is 0 Å². The molecule has 0 saturated carbocycles. The van der Waals surface area contributed by atoms with Crippen LogP contribution in [-0.4, -0.2) is 23.1 Å². The molecule has 3 atom stereocenters. The molecular formula is C13H20ClNOS. The van der Waals surface area contributed by atoms with Crippen LogP contribution >= 0.6 is 11.6 Å². The average Bonchev–Trinajstić information content (AvgIpc) is 2.35. The Balaban J connectivity index is 2.75. The van der Waals surface area contributed by atoms with E-state index in [0.717, 1.165) is 11.3 Å². The van der Waals surface area contributed by atoms with E-state index >= 15 is 0 Å². The van der Waals surface area contributed by atoms with E-state index in [2.05, 4.69) is 19.2 Å². The predicted octanol–water partition coefficient (Wildman–Crippen LogP) is 3.08. The van der Waals surface area contributed by atoms with Gasteiger partial charge in [-0.1, -0.05) is 44.0 Å². The Kier molecular flexibility index (Phi) is 6.17. The molecule has 1 N–H and O–H groups in total. The fourth-order valence-corrected chi connectivity index (χ4v) is 3.61. The molecule has 0 amide bonds. The highest BCUT2D eigenvalue weighted by Gasteiger charge is 2.18. The van der Waals surface area contributed by atoms with Crippen LogP contribution in [0.4, 0.5) is 0 Å². The van der Waals surface area contributed by atoms with Crippen molar-refractivity contribution in [1.29, 1.82) is 0 Å². The van der Waals surface area contributed by atoms with Crippen LogP contribution < -0.4 is 5.32 Å². The predicted molar refractivity (Wildman–Crippen MR) is 75.0 cm³/mol. The molecule has 0 bridgehead atoms. The highest BCUT2D eigenvalue weighted by Crippen LogP contribution is 2.20. The Morgan fingerprint density at radius 2 is 2.06 bits per heavy atom. The van der Waals surface area contributed by atoms with E-state index in [1.165, 1.54) is 0 Å². The summed E-state index contributed by atoms with van der Waals surface area (Å²) in [5.74, 6) is 1.11. The maximum atomic E-state index is 12.2. The number of halogens is 1. The Hall–Kier alpha value is -0.380. The highest BCUT2D eigenvalue weighted by molar-refractivity contribution is 7.85. The molecule has 0 aromatic heterocycles. The molecule has 0 fully saturated rings. The average molecular weight is 274 g/mol. The third-order valence-corrected chi connectivity index (χ3v) is 5.06. The third kappa shape index (κ3) is 4.09. The van der Waals surface area contributed by atoms with Gasteiger partial charge in [0, 0.05) is 11.8 Å². The minimum absolute atomic E-state index is 0.261. The van der Waals surface area contributed by atoms with Gasteiger partial charge in [-0.15, -0.1) is 0 Å². The van der Waals surface area contributed by atoms with Gasteiger partial charge < -0.3 is 5.32 Å². The molecule has 17 heavy (non-hydrogen) atoms. The second-order valence-corrected chi connectivity index (χ2v) is 6.09. The minimum Gasteiger partial charge on any atom is -0.316 e. The molecule has 0 heterocycles. The van der Waals surface area contributed by atoms with Gasteiger partial charge in [-0.3, -0.25) is 4.21 Å². The zero-order valence-electron chi connectivity index (χ0n) is 10.6. The van der Waals surface area contributed by atoms with Gasteiger partial charge >= 0.3 is 0 Å². The summed E-state index contributed by atoms with van der Waals surface area (Å²) in [6, 6.07) is 7.61. The van der Waals surface area contributed by atoms with Crippen molar-refractivity contribution in [2.75, 3.05) is 12.8 Å². The lowest BCUT2D eigenvalue weighted by atomic mass is 10.0. The smallest absolute Gasteiger partial charge is 0.0574 e. The third-order valence-electron chi connectivity index (χ3n) is 3.11. The van der Waals surface area contributed by atoms with Crippen LogP contribution in [0.5, 0.6) is 0 Å². The zero-order chi connectivity index (χ0) is 12.8. The molecule has 4 heteroatoms. The minimum atomic E-state index is -1.04. The lowest BCUT2D eigenvalue weighted by molar-refractivity contribution is 0.418. The summed E-state index contributed by atoms with van der Waals surface area (Å²) < 4.78 is 12.2. The molecule has 0 saturated heterocycles. The Morgan fingerprint density at radius 3 is 2.59 bits per heavy atom. The van der Waals surface area contributed by atoms with Crippen LogP contribution in [0.2, 0.25) is 5.02 Å². The second-order valence-electron chi connectivity index (χ2n) is 4.22. The maximum Gasteiger partial charge on any atom is 0.0574 e. The lowest BCUT2D eigenvalue weighted by Crippen LogP contribution is -2.36. The first-order chi connectivity index (χ1) is 8.10. The largest absolute Gasteiger partial charge is 0.316 e. The maximum absolute atomic E-state index is 12.2. The van der Waals surface area contributed by atoms with E-state index < -0.39 is 10.8 Å². The molecular weight excluding hydrogens is 254 g/mol. The molecule has 0 radical (unpaired) electrons. The number of benzene rings is 1. The van der Waals surface area contributed by atoms with Crippen LogP contribution in [-0.2, 0) is 10.8 Å². The molecule has 2 nitrogen and oxygen atoms in total. The van der Waals surface area contributed by atoms with Gasteiger partial charge in [0.2, 0.25) is 0 Å². The van der Waals surface area contributed by atoms with Gasteiger partial charge in [-0.2, -0.15) is 0 Å². The standard InChI is InChI=1S/C13H20ClNOS/c1-4-10(2)12(15-3)9-17(16)13-8-6-5-7-11(13)14/h5-8,10,12,15H,4,9H2,1-3H3. The molecule has 96 valence electrons.